The molecule has 2 aromatic carbocycles. The van der Waals surface area contributed by atoms with Crippen LogP contribution in [-0.2, 0) is 9.53 Å². The molecule has 2 aliphatic rings. The highest BCUT2D eigenvalue weighted by atomic mass is 16.6. The van der Waals surface area contributed by atoms with Gasteiger partial charge in [0.1, 0.15) is 5.60 Å². The van der Waals surface area contributed by atoms with E-state index in [1.807, 2.05) is 69.3 Å². The number of hydrogen-bond donors (Lipinski definition) is 2. The minimum absolute atomic E-state index is 0.0166. The smallest absolute Gasteiger partial charge is 0.410 e. The lowest BCUT2D eigenvalue weighted by Gasteiger charge is -2.33. The molecule has 0 bridgehead atoms. The van der Waals surface area contributed by atoms with Crippen LogP contribution >= 0.6 is 0 Å². The first-order valence-corrected chi connectivity index (χ1v) is 13.2. The summed E-state index contributed by atoms with van der Waals surface area (Å²) < 4.78 is 5.44. The van der Waals surface area contributed by atoms with Gasteiger partial charge in [0.15, 0.2) is 0 Å². The van der Waals surface area contributed by atoms with Gasteiger partial charge in [0, 0.05) is 54.1 Å². The van der Waals surface area contributed by atoms with Gasteiger partial charge in [0.05, 0.1) is 0 Å². The van der Waals surface area contributed by atoms with Gasteiger partial charge in [-0.2, -0.15) is 0 Å². The van der Waals surface area contributed by atoms with E-state index in [9.17, 15) is 14.4 Å². The van der Waals surface area contributed by atoms with Crippen molar-refractivity contribution < 1.29 is 19.1 Å². The first-order chi connectivity index (χ1) is 18.2. The Hall–Kier alpha value is -3.94. The van der Waals surface area contributed by atoms with Crippen LogP contribution in [0.1, 0.15) is 61.9 Å². The minimum atomic E-state index is -0.520. The van der Waals surface area contributed by atoms with Gasteiger partial charge in [-0.25, -0.2) is 4.79 Å². The number of aromatic nitrogens is 1. The van der Waals surface area contributed by atoms with Crippen LogP contribution < -0.4 is 10.6 Å². The molecule has 1 aromatic heterocycles. The fourth-order valence-corrected chi connectivity index (χ4v) is 4.93. The molecule has 0 radical (unpaired) electrons. The second-order valence-corrected chi connectivity index (χ2v) is 11.2. The average Bonchev–Trinajstić information content (AvgIpc) is 3.69. The molecule has 8 nitrogen and oxygen atoms in total. The molecule has 1 aliphatic heterocycles. The molecule has 1 saturated heterocycles. The summed E-state index contributed by atoms with van der Waals surface area (Å²) in [4.78, 5) is 43.7. The van der Waals surface area contributed by atoms with E-state index in [0.717, 1.165) is 28.4 Å². The van der Waals surface area contributed by atoms with Gasteiger partial charge < -0.3 is 20.3 Å². The highest BCUT2D eigenvalue weighted by Crippen LogP contribution is 2.48. The van der Waals surface area contributed by atoms with Crippen molar-refractivity contribution in [3.8, 4) is 0 Å². The summed E-state index contributed by atoms with van der Waals surface area (Å²) in [6.07, 6.45) is 5.41. The molecule has 1 aliphatic carbocycles. The van der Waals surface area contributed by atoms with Crippen LogP contribution in [-0.4, -0.2) is 52.5 Å². The second kappa shape index (κ2) is 10.4. The lowest BCUT2D eigenvalue weighted by molar-refractivity contribution is -0.117. The molecule has 8 heteroatoms. The topological polar surface area (TPSA) is 101 Å². The zero-order chi connectivity index (χ0) is 26.9. The summed E-state index contributed by atoms with van der Waals surface area (Å²) in [6, 6.07) is 15.3. The van der Waals surface area contributed by atoms with Gasteiger partial charge in [0.2, 0.25) is 5.91 Å². The molecule has 3 amide bonds. The monoisotopic (exact) mass is 514 g/mol. The Balaban J connectivity index is 1.10. The SMILES string of the molecule is CC(C)(C)OC(=O)N1CCC(NC(=O)c2ccc(C3C[C@H]3C(=O)Nc3ccc4cnccc4c3)cc2)CC1. The molecule has 38 heavy (non-hydrogen) atoms. The van der Waals surface area contributed by atoms with Crippen LogP contribution in [0.5, 0.6) is 0 Å². The van der Waals surface area contributed by atoms with Crippen molar-refractivity contribution in [1.29, 1.82) is 0 Å². The third-order valence-corrected chi connectivity index (χ3v) is 7.12. The van der Waals surface area contributed by atoms with Crippen molar-refractivity contribution >= 4 is 34.4 Å². The third kappa shape index (κ3) is 6.13. The van der Waals surface area contributed by atoms with E-state index < -0.39 is 5.60 Å². The van der Waals surface area contributed by atoms with Crippen molar-refractivity contribution in [2.24, 2.45) is 5.92 Å². The van der Waals surface area contributed by atoms with Gasteiger partial charge in [-0.1, -0.05) is 18.2 Å². The lowest BCUT2D eigenvalue weighted by Crippen LogP contribution is -2.47. The first-order valence-electron chi connectivity index (χ1n) is 13.2. The number of pyridine rings is 1. The number of fused-ring (bicyclic) bond motifs is 1. The molecular formula is C30H34N4O4. The maximum atomic E-state index is 12.8. The third-order valence-electron chi connectivity index (χ3n) is 7.12. The molecule has 3 aromatic rings. The van der Waals surface area contributed by atoms with Gasteiger partial charge in [-0.15, -0.1) is 0 Å². The zero-order valence-electron chi connectivity index (χ0n) is 22.1. The summed E-state index contributed by atoms with van der Waals surface area (Å²) in [5.74, 6) is -0.0151. The Bertz CT molecular complexity index is 1340. The van der Waals surface area contributed by atoms with E-state index in [4.69, 9.17) is 4.74 Å². The normalized spacial score (nSPS) is 19.6. The number of ether oxygens (including phenoxy) is 1. The second-order valence-electron chi connectivity index (χ2n) is 11.2. The van der Waals surface area contributed by atoms with Crippen LogP contribution in [0.15, 0.2) is 60.9 Å². The van der Waals surface area contributed by atoms with Gasteiger partial charge in [0.25, 0.3) is 5.91 Å². The minimum Gasteiger partial charge on any atom is -0.444 e. The molecule has 2 atom stereocenters. The number of likely N-dealkylation sites (tertiary alicyclic amines) is 1. The van der Waals surface area contributed by atoms with Crippen LogP contribution in [0.2, 0.25) is 0 Å². The van der Waals surface area contributed by atoms with Crippen LogP contribution in [0.4, 0.5) is 10.5 Å². The summed E-state index contributed by atoms with van der Waals surface area (Å²) >= 11 is 0. The lowest BCUT2D eigenvalue weighted by atomic mass is 10.0. The predicted octanol–water partition coefficient (Wildman–Crippen LogP) is 5.11. The number of benzene rings is 2. The highest BCUT2D eigenvalue weighted by Gasteiger charge is 2.44. The van der Waals surface area contributed by atoms with Crippen LogP contribution in [0, 0.1) is 5.92 Å². The van der Waals surface area contributed by atoms with E-state index in [1.165, 1.54) is 0 Å². The summed E-state index contributed by atoms with van der Waals surface area (Å²) in [5.41, 5.74) is 1.92. The standard InChI is InChI=1S/C30H34N4O4/c1-30(2,3)38-29(37)34-14-11-23(12-15-34)32-27(35)20-6-4-19(5-7-20)25-17-26(25)28(36)33-24-9-8-22-18-31-13-10-21(22)16-24/h4-10,13,16,18,23,25-26H,11-12,14-15,17H2,1-3H3,(H,32,35)(H,33,36)/t25?,26-/m1/s1. The Morgan fingerprint density at radius 2 is 1.71 bits per heavy atom. The zero-order valence-corrected chi connectivity index (χ0v) is 22.1. The first kappa shape index (κ1) is 25.7. The fourth-order valence-electron chi connectivity index (χ4n) is 4.93. The number of nitrogens with zero attached hydrogens (tertiary/aromatic N) is 2. The van der Waals surface area contributed by atoms with E-state index in [1.54, 1.807) is 17.3 Å². The summed E-state index contributed by atoms with van der Waals surface area (Å²) in [7, 11) is 0. The number of carbonyl (C=O) groups is 3. The van der Waals surface area contributed by atoms with Crippen molar-refractivity contribution in [2.45, 2.75) is 57.6 Å². The van der Waals surface area contributed by atoms with Crippen molar-refractivity contribution in [2.75, 3.05) is 18.4 Å². The Labute approximate surface area is 222 Å². The van der Waals surface area contributed by atoms with E-state index >= 15 is 0 Å². The highest BCUT2D eigenvalue weighted by molar-refractivity contribution is 5.97. The average molecular weight is 515 g/mol. The summed E-state index contributed by atoms with van der Waals surface area (Å²) in [5, 5.41) is 8.19. The number of piperidine rings is 1. The number of amides is 3. The van der Waals surface area contributed by atoms with E-state index in [0.29, 0.717) is 31.5 Å². The molecule has 1 unspecified atom stereocenters. The molecule has 198 valence electrons. The van der Waals surface area contributed by atoms with E-state index in [-0.39, 0.29) is 35.8 Å². The predicted molar refractivity (Wildman–Crippen MR) is 146 cm³/mol. The van der Waals surface area contributed by atoms with Gasteiger partial charge >= 0.3 is 6.09 Å². The summed E-state index contributed by atoms with van der Waals surface area (Å²) in [6.45, 7) is 6.67. The van der Waals surface area contributed by atoms with E-state index in [2.05, 4.69) is 15.6 Å². The molecule has 2 fully saturated rings. The molecular weight excluding hydrogens is 480 g/mol. The molecule has 2 heterocycles. The molecule has 0 spiro atoms. The Morgan fingerprint density at radius 3 is 2.42 bits per heavy atom. The number of hydrogen-bond acceptors (Lipinski definition) is 5. The number of carbonyl (C=O) groups excluding carboxylic acids is 3. The maximum Gasteiger partial charge on any atom is 0.410 e. The maximum absolute atomic E-state index is 12.8. The largest absolute Gasteiger partial charge is 0.444 e. The van der Waals surface area contributed by atoms with Gasteiger partial charge in [-0.3, -0.25) is 14.6 Å². The molecule has 1 saturated carbocycles. The number of anilines is 1. The Kier molecular flexibility index (Phi) is 7.06. The fraction of sp³-hybridized carbons (Fsp3) is 0.400. The number of rotatable bonds is 5. The quantitative estimate of drug-likeness (QED) is 0.493. The molecule has 5 rings (SSSR count). The van der Waals surface area contributed by atoms with Crippen LogP contribution in [0.3, 0.4) is 0 Å². The van der Waals surface area contributed by atoms with Crippen molar-refractivity contribution in [3.05, 3.63) is 72.1 Å². The van der Waals surface area contributed by atoms with Crippen molar-refractivity contribution in [3.63, 3.8) is 0 Å². The van der Waals surface area contributed by atoms with Gasteiger partial charge in [-0.05, 0) is 87.2 Å². The molecule has 2 N–H and O–H groups in total. The van der Waals surface area contributed by atoms with Crippen LogP contribution in [0.25, 0.3) is 10.8 Å². The number of nitrogens with one attached hydrogen (secondary N) is 2. The Morgan fingerprint density at radius 1 is 0.974 bits per heavy atom. The van der Waals surface area contributed by atoms with Crippen molar-refractivity contribution in [1.82, 2.24) is 15.2 Å².